The maximum absolute atomic E-state index is 11.8. The molecule has 0 radical (unpaired) electrons. The molecule has 0 saturated carbocycles. The Labute approximate surface area is 135 Å². The summed E-state index contributed by atoms with van der Waals surface area (Å²) < 4.78 is 10.9. The lowest BCUT2D eigenvalue weighted by Gasteiger charge is -2.51. The lowest BCUT2D eigenvalue weighted by atomic mass is 9.67. The Kier molecular flexibility index (Phi) is 4.01. The number of hydrogen-bond acceptors (Lipinski definition) is 4. The van der Waals surface area contributed by atoms with Crippen LogP contribution >= 0.6 is 17.0 Å². The first-order chi connectivity index (χ1) is 9.74. The molecular formula is C16H22BrNO3. The molecule has 3 heterocycles. The van der Waals surface area contributed by atoms with E-state index >= 15 is 0 Å². The molecule has 1 fully saturated rings. The van der Waals surface area contributed by atoms with Gasteiger partial charge in [-0.05, 0) is 37.0 Å². The van der Waals surface area contributed by atoms with Crippen LogP contribution in [-0.2, 0) is 14.3 Å². The molecule has 0 N–H and O–H groups in total. The number of carbonyl (C=O) groups is 1. The van der Waals surface area contributed by atoms with Crippen molar-refractivity contribution < 1.29 is 14.3 Å². The number of rotatable bonds is 1. The predicted octanol–water partition coefficient (Wildman–Crippen LogP) is 2.25. The van der Waals surface area contributed by atoms with Crippen LogP contribution in [0.3, 0.4) is 0 Å². The van der Waals surface area contributed by atoms with Crippen LogP contribution in [0.4, 0.5) is 0 Å². The zero-order valence-electron chi connectivity index (χ0n) is 12.3. The number of hydrogen-bond donors (Lipinski definition) is 0. The van der Waals surface area contributed by atoms with Gasteiger partial charge in [-0.2, -0.15) is 0 Å². The Hall–Kier alpha value is -0.650. The summed E-state index contributed by atoms with van der Waals surface area (Å²) in [6, 6.07) is 0. The SMILES string of the molecule is Br.CO[C@H]1C=CC2CCN3CCC4=C(CC(=O)OC4)[C@]23C1. The van der Waals surface area contributed by atoms with Gasteiger partial charge in [0.15, 0.2) is 0 Å². The van der Waals surface area contributed by atoms with E-state index in [9.17, 15) is 4.79 Å². The summed E-state index contributed by atoms with van der Waals surface area (Å²) in [5.41, 5.74) is 2.76. The van der Waals surface area contributed by atoms with Crippen LogP contribution in [0.25, 0.3) is 0 Å². The van der Waals surface area contributed by atoms with Crippen molar-refractivity contribution in [3.63, 3.8) is 0 Å². The van der Waals surface area contributed by atoms with Crippen LogP contribution in [0.15, 0.2) is 23.3 Å². The van der Waals surface area contributed by atoms with Gasteiger partial charge in [-0.3, -0.25) is 9.69 Å². The highest BCUT2D eigenvalue weighted by atomic mass is 79.9. The molecule has 1 aliphatic carbocycles. The second-order valence-electron chi connectivity index (χ2n) is 6.34. The maximum Gasteiger partial charge on any atom is 0.310 e. The number of esters is 1. The van der Waals surface area contributed by atoms with Gasteiger partial charge in [0.05, 0.1) is 18.1 Å². The number of methoxy groups -OCH3 is 1. The van der Waals surface area contributed by atoms with E-state index in [0.717, 1.165) is 25.9 Å². The molecule has 0 aromatic rings. The highest BCUT2D eigenvalue weighted by Crippen LogP contribution is 2.52. The average molecular weight is 356 g/mol. The van der Waals surface area contributed by atoms with Crippen LogP contribution in [0.2, 0.25) is 0 Å². The van der Waals surface area contributed by atoms with Crippen molar-refractivity contribution in [2.75, 3.05) is 26.8 Å². The van der Waals surface area contributed by atoms with E-state index in [4.69, 9.17) is 9.47 Å². The van der Waals surface area contributed by atoms with Crippen molar-refractivity contribution >= 4 is 23.0 Å². The molecule has 0 aromatic carbocycles. The quantitative estimate of drug-likeness (QED) is 0.534. The molecule has 21 heavy (non-hydrogen) atoms. The van der Waals surface area contributed by atoms with Crippen molar-refractivity contribution in [3.8, 4) is 0 Å². The van der Waals surface area contributed by atoms with E-state index in [0.29, 0.717) is 18.9 Å². The van der Waals surface area contributed by atoms with Gasteiger partial charge in [0.1, 0.15) is 6.61 Å². The summed E-state index contributed by atoms with van der Waals surface area (Å²) in [6.07, 6.45) is 8.40. The van der Waals surface area contributed by atoms with Crippen molar-refractivity contribution in [3.05, 3.63) is 23.3 Å². The Morgan fingerprint density at radius 2 is 2.24 bits per heavy atom. The highest BCUT2D eigenvalue weighted by molar-refractivity contribution is 8.93. The van der Waals surface area contributed by atoms with E-state index in [1.165, 1.54) is 17.6 Å². The lowest BCUT2D eigenvalue weighted by molar-refractivity contribution is -0.144. The smallest absolute Gasteiger partial charge is 0.310 e. The number of cyclic esters (lactones) is 1. The largest absolute Gasteiger partial charge is 0.461 e. The second-order valence-corrected chi connectivity index (χ2v) is 6.34. The number of nitrogens with zero attached hydrogens (tertiary/aromatic N) is 1. The summed E-state index contributed by atoms with van der Waals surface area (Å²) in [6.45, 7) is 2.74. The van der Waals surface area contributed by atoms with Crippen molar-refractivity contribution in [1.29, 1.82) is 0 Å². The predicted molar refractivity (Wildman–Crippen MR) is 84.5 cm³/mol. The number of halogens is 1. The minimum Gasteiger partial charge on any atom is -0.461 e. The summed E-state index contributed by atoms with van der Waals surface area (Å²) >= 11 is 0. The Morgan fingerprint density at radius 3 is 3.05 bits per heavy atom. The Balaban J connectivity index is 0.00000132. The van der Waals surface area contributed by atoms with E-state index in [1.807, 2.05) is 0 Å². The summed E-state index contributed by atoms with van der Waals surface area (Å²) in [5.74, 6) is 0.472. The summed E-state index contributed by atoms with van der Waals surface area (Å²) in [5, 5.41) is 0. The zero-order valence-corrected chi connectivity index (χ0v) is 14.1. The van der Waals surface area contributed by atoms with Gasteiger partial charge in [0.25, 0.3) is 0 Å². The molecular weight excluding hydrogens is 334 g/mol. The van der Waals surface area contributed by atoms with Crippen molar-refractivity contribution in [2.45, 2.75) is 37.3 Å². The van der Waals surface area contributed by atoms with Crippen LogP contribution in [0, 0.1) is 5.92 Å². The monoisotopic (exact) mass is 355 g/mol. The molecule has 5 heteroatoms. The molecule has 3 atom stereocenters. The summed E-state index contributed by atoms with van der Waals surface area (Å²) in [4.78, 5) is 14.4. The van der Waals surface area contributed by atoms with Crippen LogP contribution in [-0.4, -0.2) is 49.3 Å². The first-order valence-corrected chi connectivity index (χ1v) is 7.57. The van der Waals surface area contributed by atoms with Crippen LogP contribution < -0.4 is 0 Å². The third-order valence-corrected chi connectivity index (χ3v) is 5.62. The molecule has 1 saturated heterocycles. The molecule has 4 nitrogen and oxygen atoms in total. The van der Waals surface area contributed by atoms with E-state index in [1.54, 1.807) is 7.11 Å². The fourth-order valence-electron chi connectivity index (χ4n) is 4.67. The average Bonchev–Trinajstić information content (AvgIpc) is 2.86. The highest BCUT2D eigenvalue weighted by Gasteiger charge is 2.55. The van der Waals surface area contributed by atoms with Gasteiger partial charge in [-0.15, -0.1) is 17.0 Å². The van der Waals surface area contributed by atoms with Crippen molar-refractivity contribution in [1.82, 2.24) is 4.90 Å². The van der Waals surface area contributed by atoms with Gasteiger partial charge in [-0.25, -0.2) is 0 Å². The molecule has 0 bridgehead atoms. The Bertz CT molecular complexity index is 516. The Morgan fingerprint density at radius 1 is 1.38 bits per heavy atom. The third-order valence-electron chi connectivity index (χ3n) is 5.62. The molecule has 4 aliphatic rings. The molecule has 0 amide bonds. The van der Waals surface area contributed by atoms with E-state index in [-0.39, 0.29) is 34.6 Å². The van der Waals surface area contributed by atoms with E-state index < -0.39 is 0 Å². The number of carbonyl (C=O) groups excluding carboxylic acids is 1. The molecule has 1 unspecified atom stereocenters. The van der Waals surface area contributed by atoms with E-state index in [2.05, 4.69) is 17.1 Å². The fraction of sp³-hybridized carbons (Fsp3) is 0.688. The normalized spacial score (nSPS) is 38.2. The lowest BCUT2D eigenvalue weighted by Crippen LogP contribution is -2.56. The second kappa shape index (κ2) is 5.52. The van der Waals surface area contributed by atoms with Gasteiger partial charge >= 0.3 is 5.97 Å². The first-order valence-electron chi connectivity index (χ1n) is 7.57. The third kappa shape index (κ3) is 2.13. The molecule has 4 rings (SSSR count). The summed E-state index contributed by atoms with van der Waals surface area (Å²) in [7, 11) is 1.78. The standard InChI is InChI=1S/C16H21NO3.BrH/c1-19-13-3-2-12-5-7-17-6-4-11-10-20-15(18)8-14(11)16(12,17)9-13;/h2-3,12-13H,4-10H2,1H3;1H/t12?,13-,16-;/m0./s1. The van der Waals surface area contributed by atoms with Gasteiger partial charge < -0.3 is 9.47 Å². The molecule has 0 aromatic heterocycles. The maximum atomic E-state index is 11.8. The topological polar surface area (TPSA) is 38.8 Å². The molecule has 3 aliphatic heterocycles. The van der Waals surface area contributed by atoms with Gasteiger partial charge in [0.2, 0.25) is 0 Å². The number of ether oxygens (including phenoxy) is 2. The first kappa shape index (κ1) is 15.3. The van der Waals surface area contributed by atoms with Crippen LogP contribution in [0.1, 0.15) is 25.7 Å². The zero-order chi connectivity index (χ0) is 13.7. The minimum absolute atomic E-state index is 0. The minimum atomic E-state index is -0.0610. The van der Waals surface area contributed by atoms with Crippen LogP contribution in [0.5, 0.6) is 0 Å². The van der Waals surface area contributed by atoms with Gasteiger partial charge in [-0.1, -0.05) is 12.2 Å². The molecule has 116 valence electrons. The van der Waals surface area contributed by atoms with Crippen molar-refractivity contribution in [2.24, 2.45) is 5.92 Å². The molecule has 1 spiro atoms. The fourth-order valence-corrected chi connectivity index (χ4v) is 4.67. The van der Waals surface area contributed by atoms with Gasteiger partial charge in [0, 0.05) is 19.6 Å².